The van der Waals surface area contributed by atoms with Crippen LogP contribution in [0.3, 0.4) is 0 Å². The number of hydrogen-bond acceptors (Lipinski definition) is 4. The Hall–Kier alpha value is -1.33. The maximum Gasteiger partial charge on any atom is 0.337 e. The molecule has 0 aromatic carbocycles. The lowest BCUT2D eigenvalue weighted by Gasteiger charge is -2.32. The number of pyridine rings is 1. The molecule has 0 radical (unpaired) electrons. The second kappa shape index (κ2) is 6.41. The Balaban J connectivity index is 2.02. The van der Waals surface area contributed by atoms with Crippen LogP contribution in [0.4, 0.5) is 5.82 Å². The fourth-order valence-corrected chi connectivity index (χ4v) is 2.86. The molecule has 0 atom stereocenters. The van der Waals surface area contributed by atoms with Gasteiger partial charge in [-0.1, -0.05) is 11.6 Å². The predicted octanol–water partition coefficient (Wildman–Crippen LogP) is 2.21. The first kappa shape index (κ1) is 15.1. The summed E-state index contributed by atoms with van der Waals surface area (Å²) in [7, 11) is 4.09. The maximum absolute atomic E-state index is 10.9. The number of piperidine rings is 1. The van der Waals surface area contributed by atoms with Gasteiger partial charge in [-0.05, 0) is 45.0 Å². The van der Waals surface area contributed by atoms with Gasteiger partial charge >= 0.3 is 5.97 Å². The van der Waals surface area contributed by atoms with Crippen LogP contribution in [0.5, 0.6) is 0 Å². The lowest BCUT2D eigenvalue weighted by Crippen LogP contribution is -2.36. The van der Waals surface area contributed by atoms with Crippen LogP contribution in [0.15, 0.2) is 12.3 Å². The molecule has 1 saturated heterocycles. The summed E-state index contributed by atoms with van der Waals surface area (Å²) in [6.45, 7) is 3.14. The van der Waals surface area contributed by atoms with Gasteiger partial charge in [0.1, 0.15) is 5.82 Å². The minimum absolute atomic E-state index is 0.117. The van der Waals surface area contributed by atoms with Crippen molar-refractivity contribution in [3.05, 3.63) is 22.8 Å². The molecule has 6 heteroatoms. The van der Waals surface area contributed by atoms with Crippen molar-refractivity contribution in [2.24, 2.45) is 5.92 Å². The average molecular weight is 298 g/mol. The molecule has 0 saturated carbocycles. The van der Waals surface area contributed by atoms with E-state index in [4.69, 9.17) is 16.7 Å². The van der Waals surface area contributed by atoms with Crippen LogP contribution in [-0.2, 0) is 0 Å². The highest BCUT2D eigenvalue weighted by molar-refractivity contribution is 6.33. The first-order valence-electron chi connectivity index (χ1n) is 6.76. The van der Waals surface area contributed by atoms with Crippen molar-refractivity contribution in [1.82, 2.24) is 9.88 Å². The van der Waals surface area contributed by atoms with Gasteiger partial charge in [-0.25, -0.2) is 9.78 Å². The molecule has 1 aromatic rings. The van der Waals surface area contributed by atoms with E-state index in [-0.39, 0.29) is 5.56 Å². The van der Waals surface area contributed by atoms with E-state index < -0.39 is 5.97 Å². The number of carbonyl (C=O) groups is 1. The second-order valence-electron chi connectivity index (χ2n) is 5.46. The number of aromatic nitrogens is 1. The molecule has 0 amide bonds. The van der Waals surface area contributed by atoms with E-state index in [9.17, 15) is 4.79 Å². The molecular weight excluding hydrogens is 278 g/mol. The van der Waals surface area contributed by atoms with E-state index in [0.29, 0.717) is 16.8 Å². The average Bonchev–Trinajstić information content (AvgIpc) is 2.41. The standard InChI is InChI=1S/C14H20ClN3O2/c1-17-5-3-10(4-6-17)9-18(2)13-12(15)7-11(8-16-13)14(19)20/h7-8,10H,3-6,9H2,1-2H3,(H,19,20). The minimum Gasteiger partial charge on any atom is -0.478 e. The smallest absolute Gasteiger partial charge is 0.337 e. The van der Waals surface area contributed by atoms with Crippen molar-refractivity contribution in [1.29, 1.82) is 0 Å². The van der Waals surface area contributed by atoms with Gasteiger partial charge in [-0.2, -0.15) is 0 Å². The summed E-state index contributed by atoms with van der Waals surface area (Å²) in [5, 5.41) is 9.30. The summed E-state index contributed by atoms with van der Waals surface area (Å²) in [5.74, 6) is 0.271. The zero-order valence-electron chi connectivity index (χ0n) is 11.8. The molecule has 0 aliphatic carbocycles. The van der Waals surface area contributed by atoms with Crippen molar-refractivity contribution in [2.45, 2.75) is 12.8 Å². The molecule has 2 heterocycles. The van der Waals surface area contributed by atoms with Gasteiger partial charge in [-0.3, -0.25) is 0 Å². The van der Waals surface area contributed by atoms with Gasteiger partial charge in [0.2, 0.25) is 0 Å². The summed E-state index contributed by atoms with van der Waals surface area (Å²) >= 11 is 6.13. The predicted molar refractivity (Wildman–Crippen MR) is 79.7 cm³/mol. The van der Waals surface area contributed by atoms with E-state index in [2.05, 4.69) is 16.9 Å². The van der Waals surface area contributed by atoms with Gasteiger partial charge in [0.05, 0.1) is 10.6 Å². The molecule has 1 aliphatic heterocycles. The molecule has 110 valence electrons. The summed E-state index contributed by atoms with van der Waals surface area (Å²) in [6, 6.07) is 1.46. The number of aromatic carboxylic acids is 1. The van der Waals surface area contributed by atoms with Gasteiger partial charge in [0.25, 0.3) is 0 Å². The van der Waals surface area contributed by atoms with Gasteiger partial charge in [0, 0.05) is 19.8 Å². The highest BCUT2D eigenvalue weighted by Gasteiger charge is 2.20. The largest absolute Gasteiger partial charge is 0.478 e. The number of rotatable bonds is 4. The number of hydrogen-bond donors (Lipinski definition) is 1. The molecule has 2 rings (SSSR count). The normalized spacial score (nSPS) is 17.1. The quantitative estimate of drug-likeness (QED) is 0.923. The summed E-state index contributed by atoms with van der Waals surface area (Å²) < 4.78 is 0. The molecule has 0 bridgehead atoms. The van der Waals surface area contributed by atoms with Crippen LogP contribution in [0, 0.1) is 5.92 Å². The SMILES string of the molecule is CN1CCC(CN(C)c2ncc(C(=O)O)cc2Cl)CC1. The maximum atomic E-state index is 10.9. The summed E-state index contributed by atoms with van der Waals surface area (Å²) in [6.07, 6.45) is 3.70. The van der Waals surface area contributed by atoms with Crippen LogP contribution in [0.2, 0.25) is 5.02 Å². The van der Waals surface area contributed by atoms with Crippen molar-refractivity contribution >= 4 is 23.4 Å². The van der Waals surface area contributed by atoms with E-state index in [1.165, 1.54) is 25.1 Å². The number of nitrogens with zero attached hydrogens (tertiary/aromatic N) is 3. The summed E-state index contributed by atoms with van der Waals surface area (Å²) in [5.41, 5.74) is 0.117. The fraction of sp³-hybridized carbons (Fsp3) is 0.571. The second-order valence-corrected chi connectivity index (χ2v) is 5.87. The third-order valence-corrected chi connectivity index (χ3v) is 4.08. The van der Waals surface area contributed by atoms with E-state index in [1.807, 2.05) is 11.9 Å². The Labute approximate surface area is 124 Å². The van der Waals surface area contributed by atoms with Crippen LogP contribution in [0.1, 0.15) is 23.2 Å². The fourth-order valence-electron chi connectivity index (χ4n) is 2.55. The van der Waals surface area contributed by atoms with Crippen LogP contribution >= 0.6 is 11.6 Å². The number of carboxylic acid groups (broad SMARTS) is 1. The first-order chi connectivity index (χ1) is 9.47. The Morgan fingerprint density at radius 1 is 1.55 bits per heavy atom. The number of halogens is 1. The molecule has 1 fully saturated rings. The molecule has 1 N–H and O–H groups in total. The minimum atomic E-state index is -1.01. The van der Waals surface area contributed by atoms with Gasteiger partial charge in [-0.15, -0.1) is 0 Å². The van der Waals surface area contributed by atoms with E-state index in [1.54, 1.807) is 0 Å². The molecule has 1 aliphatic rings. The van der Waals surface area contributed by atoms with Crippen molar-refractivity contribution in [3.63, 3.8) is 0 Å². The topological polar surface area (TPSA) is 56.7 Å². The number of carboxylic acids is 1. The lowest BCUT2D eigenvalue weighted by atomic mass is 9.97. The Kier molecular flexibility index (Phi) is 4.83. The van der Waals surface area contributed by atoms with Crippen LogP contribution < -0.4 is 4.90 Å². The lowest BCUT2D eigenvalue weighted by molar-refractivity contribution is 0.0696. The van der Waals surface area contributed by atoms with Crippen LogP contribution in [-0.4, -0.2) is 54.7 Å². The van der Waals surface area contributed by atoms with Crippen LogP contribution in [0.25, 0.3) is 0 Å². The van der Waals surface area contributed by atoms with Crippen molar-refractivity contribution < 1.29 is 9.90 Å². The third-order valence-electron chi connectivity index (χ3n) is 3.80. The highest BCUT2D eigenvalue weighted by Crippen LogP contribution is 2.25. The Morgan fingerprint density at radius 3 is 2.75 bits per heavy atom. The number of likely N-dealkylation sites (tertiary alicyclic amines) is 1. The summed E-state index contributed by atoms with van der Waals surface area (Å²) in [4.78, 5) is 19.4. The zero-order chi connectivity index (χ0) is 14.7. The van der Waals surface area contributed by atoms with Crippen molar-refractivity contribution in [3.8, 4) is 0 Å². The van der Waals surface area contributed by atoms with E-state index in [0.717, 1.165) is 19.6 Å². The molecule has 0 spiro atoms. The number of anilines is 1. The zero-order valence-corrected chi connectivity index (χ0v) is 12.6. The van der Waals surface area contributed by atoms with Gasteiger partial charge < -0.3 is 14.9 Å². The molecule has 1 aromatic heterocycles. The van der Waals surface area contributed by atoms with Gasteiger partial charge in [0.15, 0.2) is 0 Å². The molecular formula is C14H20ClN3O2. The highest BCUT2D eigenvalue weighted by atomic mass is 35.5. The van der Waals surface area contributed by atoms with Crippen molar-refractivity contribution in [2.75, 3.05) is 38.6 Å². The molecule has 20 heavy (non-hydrogen) atoms. The molecule has 5 nitrogen and oxygen atoms in total. The molecule has 0 unspecified atom stereocenters. The Bertz CT molecular complexity index is 487. The van der Waals surface area contributed by atoms with E-state index >= 15 is 0 Å². The third kappa shape index (κ3) is 3.61. The first-order valence-corrected chi connectivity index (χ1v) is 7.13. The Morgan fingerprint density at radius 2 is 2.20 bits per heavy atom. The monoisotopic (exact) mass is 297 g/mol.